The zero-order valence-corrected chi connectivity index (χ0v) is 16.5. The Balaban J connectivity index is 1.95. The summed E-state index contributed by atoms with van der Waals surface area (Å²) in [7, 11) is 0. The van der Waals surface area contributed by atoms with Gasteiger partial charge in [0, 0.05) is 19.6 Å². The highest BCUT2D eigenvalue weighted by molar-refractivity contribution is 6.35. The van der Waals surface area contributed by atoms with Crippen LogP contribution in [0.2, 0.25) is 0 Å². The maximum Gasteiger partial charge on any atom is 0.329 e. The van der Waals surface area contributed by atoms with Crippen LogP contribution in [0, 0.1) is 0 Å². The van der Waals surface area contributed by atoms with Gasteiger partial charge in [-0.05, 0) is 43.5 Å². The minimum atomic E-state index is -0.881. The van der Waals surface area contributed by atoms with Crippen LogP contribution in [0.25, 0.3) is 0 Å². The molecule has 3 amide bonds. The molecule has 2 rings (SSSR count). The molecule has 0 spiro atoms. The van der Waals surface area contributed by atoms with Crippen molar-refractivity contribution in [2.75, 3.05) is 32.8 Å². The van der Waals surface area contributed by atoms with Gasteiger partial charge in [-0.3, -0.25) is 14.4 Å². The zero-order chi connectivity index (χ0) is 21.1. The molecule has 0 saturated carbocycles. The number of rotatable bonds is 9. The number of ether oxygens (including phenoxy) is 2. The van der Waals surface area contributed by atoms with Gasteiger partial charge >= 0.3 is 11.8 Å². The lowest BCUT2D eigenvalue weighted by molar-refractivity contribution is -0.139. The predicted octanol–water partition coefficient (Wildman–Crippen LogP) is 0.839. The smallest absolute Gasteiger partial charge is 0.329 e. The van der Waals surface area contributed by atoms with Gasteiger partial charge in [0.15, 0.2) is 18.1 Å². The second kappa shape index (κ2) is 11.5. The van der Waals surface area contributed by atoms with Gasteiger partial charge in [-0.15, -0.1) is 6.58 Å². The first-order valence-electron chi connectivity index (χ1n) is 9.44. The van der Waals surface area contributed by atoms with Gasteiger partial charge in [-0.2, -0.15) is 5.10 Å². The molecule has 0 atom stereocenters. The van der Waals surface area contributed by atoms with E-state index in [0.717, 1.165) is 25.9 Å². The summed E-state index contributed by atoms with van der Waals surface area (Å²) in [5.41, 5.74) is 2.76. The van der Waals surface area contributed by atoms with Crippen molar-refractivity contribution >= 4 is 23.9 Å². The third-order valence-electron chi connectivity index (χ3n) is 4.07. The first kappa shape index (κ1) is 21.9. The van der Waals surface area contributed by atoms with Crippen LogP contribution in [0.3, 0.4) is 0 Å². The highest BCUT2D eigenvalue weighted by Crippen LogP contribution is 2.28. The number of carbonyl (C=O) groups excluding carboxylic acids is 3. The molecular weight excluding hydrogens is 376 g/mol. The quantitative estimate of drug-likeness (QED) is 0.275. The van der Waals surface area contributed by atoms with E-state index in [4.69, 9.17) is 9.47 Å². The van der Waals surface area contributed by atoms with E-state index in [-0.39, 0.29) is 19.1 Å². The van der Waals surface area contributed by atoms with E-state index < -0.39 is 11.8 Å². The highest BCUT2D eigenvalue weighted by atomic mass is 16.5. The number of nitrogens with zero attached hydrogens (tertiary/aromatic N) is 2. The van der Waals surface area contributed by atoms with Gasteiger partial charge in [0.1, 0.15) is 0 Å². The van der Waals surface area contributed by atoms with E-state index >= 15 is 0 Å². The van der Waals surface area contributed by atoms with E-state index in [1.165, 1.54) is 12.3 Å². The topological polar surface area (TPSA) is 109 Å². The Hall–Kier alpha value is -3.36. The lowest BCUT2D eigenvalue weighted by Crippen LogP contribution is -2.37. The van der Waals surface area contributed by atoms with E-state index in [0.29, 0.717) is 23.7 Å². The normalized spacial score (nSPS) is 13.2. The lowest BCUT2D eigenvalue weighted by atomic mass is 10.2. The summed E-state index contributed by atoms with van der Waals surface area (Å²) in [6.45, 7) is 7.38. The fourth-order valence-electron chi connectivity index (χ4n) is 2.65. The number of likely N-dealkylation sites (tertiary alicyclic amines) is 1. The number of hydrogen-bond donors (Lipinski definition) is 2. The predicted molar refractivity (Wildman–Crippen MR) is 108 cm³/mol. The van der Waals surface area contributed by atoms with Crippen molar-refractivity contribution < 1.29 is 23.9 Å². The molecule has 1 aliphatic heterocycles. The molecule has 9 nitrogen and oxygen atoms in total. The molecule has 1 fully saturated rings. The van der Waals surface area contributed by atoms with Crippen LogP contribution in [0.15, 0.2) is 36.0 Å². The monoisotopic (exact) mass is 402 g/mol. The average Bonchev–Trinajstić information content (AvgIpc) is 3.26. The minimum Gasteiger partial charge on any atom is -0.490 e. The third kappa shape index (κ3) is 6.95. The Bertz CT molecular complexity index is 772. The Kier molecular flexibility index (Phi) is 8.68. The van der Waals surface area contributed by atoms with Crippen molar-refractivity contribution in [3.05, 3.63) is 36.4 Å². The molecule has 1 heterocycles. The van der Waals surface area contributed by atoms with Crippen LogP contribution in [-0.2, 0) is 14.4 Å². The molecule has 29 heavy (non-hydrogen) atoms. The van der Waals surface area contributed by atoms with E-state index in [9.17, 15) is 14.4 Å². The van der Waals surface area contributed by atoms with Crippen LogP contribution in [0.4, 0.5) is 0 Å². The van der Waals surface area contributed by atoms with Crippen LogP contribution in [-0.4, -0.2) is 61.7 Å². The second-order valence-corrected chi connectivity index (χ2v) is 6.21. The molecule has 0 bridgehead atoms. The maximum atomic E-state index is 12.1. The van der Waals surface area contributed by atoms with Crippen LogP contribution in [0.5, 0.6) is 11.5 Å². The molecule has 0 radical (unpaired) electrons. The van der Waals surface area contributed by atoms with Gasteiger partial charge in [0.2, 0.25) is 0 Å². The van der Waals surface area contributed by atoms with E-state index in [1.54, 1.807) is 23.1 Å². The van der Waals surface area contributed by atoms with Crippen LogP contribution >= 0.6 is 0 Å². The summed E-state index contributed by atoms with van der Waals surface area (Å²) in [6, 6.07) is 5.04. The number of amides is 3. The summed E-state index contributed by atoms with van der Waals surface area (Å²) in [5.74, 6) is -0.824. The molecular formula is C20H26N4O5. The van der Waals surface area contributed by atoms with Gasteiger partial charge < -0.3 is 19.7 Å². The van der Waals surface area contributed by atoms with Gasteiger partial charge in [-0.1, -0.05) is 6.08 Å². The SMILES string of the molecule is C=CCNC(=O)C(=O)N/N=C\c1ccc(OCC(=O)N2CCCC2)c(OCC)c1. The molecule has 1 aliphatic rings. The molecule has 0 aliphatic carbocycles. The van der Waals surface area contributed by atoms with Gasteiger partial charge in [0.25, 0.3) is 5.91 Å². The Morgan fingerprint density at radius 3 is 2.62 bits per heavy atom. The van der Waals surface area contributed by atoms with E-state index in [1.807, 2.05) is 6.92 Å². The molecule has 1 aromatic rings. The first-order valence-corrected chi connectivity index (χ1v) is 9.44. The minimum absolute atomic E-state index is 0.0481. The van der Waals surface area contributed by atoms with Gasteiger partial charge in [0.05, 0.1) is 12.8 Å². The lowest BCUT2D eigenvalue weighted by Gasteiger charge is -2.17. The maximum absolute atomic E-state index is 12.1. The Morgan fingerprint density at radius 1 is 1.17 bits per heavy atom. The van der Waals surface area contributed by atoms with Crippen molar-refractivity contribution in [3.8, 4) is 11.5 Å². The first-order chi connectivity index (χ1) is 14.0. The number of hydrogen-bond acceptors (Lipinski definition) is 6. The summed E-state index contributed by atoms with van der Waals surface area (Å²) in [4.78, 5) is 36.9. The van der Waals surface area contributed by atoms with Crippen molar-refractivity contribution in [1.29, 1.82) is 0 Å². The second-order valence-electron chi connectivity index (χ2n) is 6.21. The fraction of sp³-hybridized carbons (Fsp3) is 0.400. The Labute approximate surface area is 169 Å². The van der Waals surface area contributed by atoms with Gasteiger partial charge in [-0.25, -0.2) is 5.43 Å². The third-order valence-corrected chi connectivity index (χ3v) is 4.07. The summed E-state index contributed by atoms with van der Waals surface area (Å²) < 4.78 is 11.2. The summed E-state index contributed by atoms with van der Waals surface area (Å²) in [6.07, 6.45) is 4.89. The molecule has 156 valence electrons. The molecule has 9 heteroatoms. The largest absolute Gasteiger partial charge is 0.490 e. The van der Waals surface area contributed by atoms with Crippen molar-refractivity contribution in [2.45, 2.75) is 19.8 Å². The average molecular weight is 402 g/mol. The number of hydrazone groups is 1. The van der Waals surface area contributed by atoms with Crippen LogP contribution < -0.4 is 20.2 Å². The fourth-order valence-corrected chi connectivity index (χ4v) is 2.65. The van der Waals surface area contributed by atoms with Crippen molar-refractivity contribution in [1.82, 2.24) is 15.6 Å². The summed E-state index contributed by atoms with van der Waals surface area (Å²) >= 11 is 0. The molecule has 1 saturated heterocycles. The number of nitrogens with one attached hydrogen (secondary N) is 2. The Morgan fingerprint density at radius 2 is 1.93 bits per heavy atom. The zero-order valence-electron chi connectivity index (χ0n) is 16.5. The standard InChI is InChI=1S/C20H26N4O5/c1-3-9-21-19(26)20(27)23-22-13-15-7-8-16(17(12-15)28-4-2)29-14-18(25)24-10-5-6-11-24/h3,7-8,12-13H,1,4-6,9-11,14H2,2H3,(H,21,26)(H,23,27)/b22-13-. The highest BCUT2D eigenvalue weighted by Gasteiger charge is 2.19. The van der Waals surface area contributed by atoms with Crippen molar-refractivity contribution in [2.24, 2.45) is 5.10 Å². The van der Waals surface area contributed by atoms with E-state index in [2.05, 4.69) is 22.4 Å². The van der Waals surface area contributed by atoms with Crippen molar-refractivity contribution in [3.63, 3.8) is 0 Å². The molecule has 0 unspecified atom stereocenters. The number of benzene rings is 1. The molecule has 0 aromatic heterocycles. The van der Waals surface area contributed by atoms with Crippen LogP contribution in [0.1, 0.15) is 25.3 Å². The molecule has 2 N–H and O–H groups in total. The molecule has 1 aromatic carbocycles. The summed E-state index contributed by atoms with van der Waals surface area (Å²) in [5, 5.41) is 6.11. The number of carbonyl (C=O) groups is 3.